The van der Waals surface area contributed by atoms with Crippen molar-refractivity contribution >= 4 is 33.8 Å². The van der Waals surface area contributed by atoms with E-state index in [0.717, 1.165) is 35.8 Å². The summed E-state index contributed by atoms with van der Waals surface area (Å²) in [5.41, 5.74) is -0.240. The van der Waals surface area contributed by atoms with Gasteiger partial charge in [0.15, 0.2) is 6.19 Å². The highest BCUT2D eigenvalue weighted by molar-refractivity contribution is 7.17. The van der Waals surface area contributed by atoms with Crippen LogP contribution in [0.1, 0.15) is 62.2 Å². The van der Waals surface area contributed by atoms with Crippen LogP contribution >= 0.6 is 22.9 Å². The van der Waals surface area contributed by atoms with Crippen LogP contribution in [0, 0.1) is 16.9 Å². The number of carbonyl (C=O) groups is 1. The third-order valence-corrected chi connectivity index (χ3v) is 7.74. The van der Waals surface area contributed by atoms with Gasteiger partial charge in [-0.2, -0.15) is 5.26 Å². The third-order valence-electron chi connectivity index (χ3n) is 6.00. The van der Waals surface area contributed by atoms with Crippen molar-refractivity contribution in [1.29, 1.82) is 5.26 Å². The summed E-state index contributed by atoms with van der Waals surface area (Å²) in [6, 6.07) is 2.17. The Morgan fingerprint density at radius 3 is 2.79 bits per heavy atom. The second kappa shape index (κ2) is 6.24. The number of anilines is 1. The molecule has 1 spiro atoms. The number of hydrogen-bond acceptors (Lipinski definition) is 4. The number of rotatable bonds is 3. The van der Waals surface area contributed by atoms with Crippen molar-refractivity contribution < 1.29 is 4.79 Å². The van der Waals surface area contributed by atoms with Gasteiger partial charge in [0.05, 0.1) is 15.4 Å². The van der Waals surface area contributed by atoms with Crippen molar-refractivity contribution in [3.63, 3.8) is 0 Å². The first-order chi connectivity index (χ1) is 11.6. The molecule has 2 aliphatic carbocycles. The van der Waals surface area contributed by atoms with Crippen molar-refractivity contribution in [2.75, 3.05) is 11.4 Å². The van der Waals surface area contributed by atoms with Gasteiger partial charge in [0.25, 0.3) is 0 Å². The van der Waals surface area contributed by atoms with E-state index in [1.165, 1.54) is 37.0 Å². The molecule has 3 aliphatic rings. The van der Waals surface area contributed by atoms with E-state index >= 15 is 0 Å². The minimum Gasteiger partial charge on any atom is -0.321 e. The van der Waals surface area contributed by atoms with Gasteiger partial charge in [-0.1, -0.05) is 30.9 Å². The second-order valence-electron chi connectivity index (χ2n) is 7.48. The summed E-state index contributed by atoms with van der Waals surface area (Å²) in [6.07, 6.45) is 10.8. The minimum absolute atomic E-state index is 0.170. The lowest BCUT2D eigenvalue weighted by Crippen LogP contribution is -2.51. The largest absolute Gasteiger partial charge is 0.321 e. The van der Waals surface area contributed by atoms with Crippen molar-refractivity contribution in [1.82, 2.24) is 5.32 Å². The van der Waals surface area contributed by atoms with E-state index in [-0.39, 0.29) is 17.4 Å². The fraction of sp³-hybridized carbons (Fsp3) is 0.667. The Bertz CT molecular complexity index is 683. The molecule has 128 valence electrons. The number of nitriles is 1. The molecule has 2 heterocycles. The lowest BCUT2D eigenvalue weighted by Gasteiger charge is -2.42. The second-order valence-corrected chi connectivity index (χ2v) is 8.95. The predicted molar refractivity (Wildman–Crippen MR) is 96.3 cm³/mol. The van der Waals surface area contributed by atoms with E-state index in [4.69, 9.17) is 16.9 Å². The van der Waals surface area contributed by atoms with E-state index in [1.807, 2.05) is 17.2 Å². The van der Waals surface area contributed by atoms with Crippen LogP contribution in [0.5, 0.6) is 0 Å². The van der Waals surface area contributed by atoms with Crippen LogP contribution in [-0.2, 0) is 4.79 Å². The van der Waals surface area contributed by atoms with Crippen molar-refractivity contribution in [3.8, 4) is 6.19 Å². The van der Waals surface area contributed by atoms with Crippen LogP contribution in [0.3, 0.4) is 0 Å². The van der Waals surface area contributed by atoms with Crippen molar-refractivity contribution in [3.05, 3.63) is 16.0 Å². The molecule has 1 aromatic heterocycles. The van der Waals surface area contributed by atoms with Gasteiger partial charge < -0.3 is 10.2 Å². The molecule has 4 rings (SSSR count). The number of hydrogen-bond donors (Lipinski definition) is 1. The normalized spacial score (nSPS) is 30.4. The zero-order valence-corrected chi connectivity index (χ0v) is 15.3. The van der Waals surface area contributed by atoms with Gasteiger partial charge in [0, 0.05) is 17.5 Å². The van der Waals surface area contributed by atoms with Gasteiger partial charge in [-0.05, 0) is 44.1 Å². The van der Waals surface area contributed by atoms with E-state index in [1.54, 1.807) is 11.3 Å². The molecule has 24 heavy (non-hydrogen) atoms. The zero-order chi connectivity index (χ0) is 16.7. The standard InChI is InChI=1S/C18H22ClN3OS/c19-14-8-15(24-16(14)12-4-2-1-3-5-12)22-7-6-18(17(22)23)9-13(10-18)21-11-20/h8,12-13,21H,1-7,9-10H2. The van der Waals surface area contributed by atoms with Crippen LogP contribution in [0.2, 0.25) is 5.02 Å². The SMILES string of the molecule is N#CNC1CC2(CCN(c3cc(Cl)c(C4CCCCC4)s3)C2=O)C1. The number of amides is 1. The molecular weight excluding hydrogens is 342 g/mol. The van der Waals surface area contributed by atoms with E-state index in [9.17, 15) is 4.79 Å². The van der Waals surface area contributed by atoms with Crippen molar-refractivity contribution in [2.45, 2.75) is 63.3 Å². The average Bonchev–Trinajstić information content (AvgIpc) is 3.09. The quantitative estimate of drug-likeness (QED) is 0.639. The predicted octanol–water partition coefficient (Wildman–Crippen LogP) is 4.41. The molecule has 1 aromatic rings. The molecule has 1 amide bonds. The summed E-state index contributed by atoms with van der Waals surface area (Å²) >= 11 is 8.23. The monoisotopic (exact) mass is 363 g/mol. The molecule has 1 N–H and O–H groups in total. The van der Waals surface area contributed by atoms with Gasteiger partial charge >= 0.3 is 0 Å². The molecule has 4 nitrogen and oxygen atoms in total. The molecule has 3 fully saturated rings. The number of nitrogens with one attached hydrogen (secondary N) is 1. The van der Waals surface area contributed by atoms with Crippen LogP contribution in [0.4, 0.5) is 5.00 Å². The molecule has 1 aliphatic heterocycles. The van der Waals surface area contributed by atoms with Gasteiger partial charge in [-0.3, -0.25) is 4.79 Å². The van der Waals surface area contributed by atoms with E-state index < -0.39 is 0 Å². The Labute approximate surface area is 151 Å². The fourth-order valence-electron chi connectivity index (χ4n) is 4.63. The van der Waals surface area contributed by atoms with Gasteiger partial charge in [0.2, 0.25) is 5.91 Å². The van der Waals surface area contributed by atoms with Crippen LogP contribution in [-0.4, -0.2) is 18.5 Å². The van der Waals surface area contributed by atoms with E-state index in [2.05, 4.69) is 5.32 Å². The van der Waals surface area contributed by atoms with Gasteiger partial charge in [0.1, 0.15) is 0 Å². The number of thiophene rings is 1. The Morgan fingerprint density at radius 2 is 2.08 bits per heavy atom. The first-order valence-electron chi connectivity index (χ1n) is 8.89. The first-order valence-corrected chi connectivity index (χ1v) is 10.1. The summed E-state index contributed by atoms with van der Waals surface area (Å²) in [6.45, 7) is 0.777. The first kappa shape index (κ1) is 16.2. The molecule has 6 heteroatoms. The maximum absolute atomic E-state index is 12.9. The Morgan fingerprint density at radius 1 is 1.33 bits per heavy atom. The molecule has 0 atom stereocenters. The Kier molecular flexibility index (Phi) is 4.22. The third kappa shape index (κ3) is 2.60. The van der Waals surface area contributed by atoms with Gasteiger partial charge in [-0.15, -0.1) is 11.3 Å². The highest BCUT2D eigenvalue weighted by Gasteiger charge is 2.55. The molecular formula is C18H22ClN3OS. The molecule has 1 saturated heterocycles. The maximum Gasteiger partial charge on any atom is 0.234 e. The zero-order valence-electron chi connectivity index (χ0n) is 13.7. The fourth-order valence-corrected chi connectivity index (χ4v) is 6.32. The number of carbonyl (C=O) groups excluding carboxylic acids is 1. The summed E-state index contributed by atoms with van der Waals surface area (Å²) in [5, 5.41) is 13.4. The summed E-state index contributed by atoms with van der Waals surface area (Å²) < 4.78 is 0. The minimum atomic E-state index is -0.240. The van der Waals surface area contributed by atoms with Gasteiger partial charge in [-0.25, -0.2) is 0 Å². The highest BCUT2D eigenvalue weighted by atomic mass is 35.5. The Balaban J connectivity index is 1.49. The molecule has 2 saturated carbocycles. The van der Waals surface area contributed by atoms with Crippen LogP contribution < -0.4 is 10.2 Å². The number of halogens is 1. The molecule has 0 bridgehead atoms. The summed E-state index contributed by atoms with van der Waals surface area (Å²) in [4.78, 5) is 16.1. The lowest BCUT2D eigenvalue weighted by molar-refractivity contribution is -0.130. The number of nitrogens with zero attached hydrogens (tertiary/aromatic N) is 2. The van der Waals surface area contributed by atoms with Crippen LogP contribution in [0.25, 0.3) is 0 Å². The summed E-state index contributed by atoms with van der Waals surface area (Å²) in [7, 11) is 0. The topological polar surface area (TPSA) is 56.1 Å². The smallest absolute Gasteiger partial charge is 0.234 e. The molecule has 0 aromatic carbocycles. The molecule has 0 radical (unpaired) electrons. The molecule has 0 unspecified atom stereocenters. The van der Waals surface area contributed by atoms with E-state index in [0.29, 0.717) is 5.92 Å². The van der Waals surface area contributed by atoms with Crippen molar-refractivity contribution in [2.24, 2.45) is 5.41 Å². The summed E-state index contributed by atoms with van der Waals surface area (Å²) in [5.74, 6) is 0.802. The highest BCUT2D eigenvalue weighted by Crippen LogP contribution is 2.52. The Hall–Kier alpha value is -1.25. The average molecular weight is 364 g/mol. The van der Waals surface area contributed by atoms with Crippen LogP contribution in [0.15, 0.2) is 6.07 Å². The lowest BCUT2D eigenvalue weighted by atomic mass is 9.64. The maximum atomic E-state index is 12.9.